The van der Waals surface area contributed by atoms with Crippen LogP contribution in [0.5, 0.6) is 0 Å². The van der Waals surface area contributed by atoms with Crippen LogP contribution in [0.3, 0.4) is 0 Å². The van der Waals surface area contributed by atoms with E-state index in [2.05, 4.69) is 420 Å². The standard InChI is InChI=1S/C52H36N2.C42H30N2/c1-3-19-43(20-4-1)53(51-47-23-11-7-15-39(47)35-40-16-8-12-24-48(40)51)45-31-27-37(28-32-45)38-29-33-46(34-30-38)54(44-21-5-2-6-22-44)52-49-25-13-9-17-41(49)36-42-18-10-14-26-50(42)52;1-3-20-34(21-4-1)43(39-27-13-18-31-15-7-10-24-36(31)39)41-30-29-33-17-9-12-26-38(33)42(41)44(35-22-5-2-6-23-35)40-28-14-19-32-16-8-11-25-37(32)40/h1-36H;1-30H. The maximum Gasteiger partial charge on any atom is 0.0781 e. The fourth-order valence-corrected chi connectivity index (χ4v) is 14.5. The van der Waals surface area contributed by atoms with Gasteiger partial charge in [0.2, 0.25) is 0 Å². The second kappa shape index (κ2) is 26.1. The van der Waals surface area contributed by atoms with Gasteiger partial charge in [-0.05, 0) is 152 Å². The Morgan fingerprint density at radius 3 is 0.755 bits per heavy atom. The zero-order valence-electron chi connectivity index (χ0n) is 53.9. The average Bonchev–Trinajstić information content (AvgIpc) is 0.756. The third-order valence-electron chi connectivity index (χ3n) is 18.9. The molecule has 0 atom stereocenters. The molecule has 0 bridgehead atoms. The third kappa shape index (κ3) is 11.0. The molecule has 0 saturated heterocycles. The lowest BCUT2D eigenvalue weighted by atomic mass is 9.98. The van der Waals surface area contributed by atoms with E-state index in [4.69, 9.17) is 0 Å². The number of benzene rings is 18. The molecule has 0 heterocycles. The Labute approximate surface area is 571 Å². The minimum Gasteiger partial charge on any atom is -0.309 e. The summed E-state index contributed by atoms with van der Waals surface area (Å²) in [5.74, 6) is 0. The van der Waals surface area contributed by atoms with Crippen LogP contribution < -0.4 is 19.6 Å². The molecule has 0 saturated carbocycles. The van der Waals surface area contributed by atoms with E-state index in [0.717, 1.165) is 56.9 Å². The van der Waals surface area contributed by atoms with Gasteiger partial charge in [0, 0.05) is 71.8 Å². The van der Waals surface area contributed by atoms with E-state index in [1.165, 1.54) is 97.9 Å². The van der Waals surface area contributed by atoms with E-state index < -0.39 is 0 Å². The summed E-state index contributed by atoms with van der Waals surface area (Å²) in [6.07, 6.45) is 0. The Bertz CT molecular complexity index is 5560. The van der Waals surface area contributed by atoms with Gasteiger partial charge in [0.25, 0.3) is 0 Å². The summed E-state index contributed by atoms with van der Waals surface area (Å²) < 4.78 is 0. The Kier molecular flexibility index (Phi) is 15.6. The number of fused-ring (bicyclic) bond motifs is 7. The lowest BCUT2D eigenvalue weighted by molar-refractivity contribution is 1.25. The number of para-hydroxylation sites is 4. The molecule has 0 spiro atoms. The smallest absolute Gasteiger partial charge is 0.0781 e. The predicted molar refractivity (Wildman–Crippen MR) is 420 cm³/mol. The highest BCUT2D eigenvalue weighted by Gasteiger charge is 2.27. The summed E-state index contributed by atoms with van der Waals surface area (Å²) in [7, 11) is 0. The normalized spacial score (nSPS) is 11.3. The first-order valence-electron chi connectivity index (χ1n) is 33.6. The summed E-state index contributed by atoms with van der Waals surface area (Å²) in [5, 5.41) is 17.0. The van der Waals surface area contributed by atoms with Crippen LogP contribution in [0.4, 0.5) is 68.2 Å². The molecule has 0 aliphatic heterocycles. The Morgan fingerprint density at radius 2 is 0.388 bits per heavy atom. The van der Waals surface area contributed by atoms with Crippen molar-refractivity contribution in [2.24, 2.45) is 0 Å². The van der Waals surface area contributed by atoms with E-state index in [-0.39, 0.29) is 0 Å². The Morgan fingerprint density at radius 1 is 0.133 bits per heavy atom. The van der Waals surface area contributed by atoms with Gasteiger partial charge in [-0.3, -0.25) is 0 Å². The van der Waals surface area contributed by atoms with Crippen molar-refractivity contribution in [2.45, 2.75) is 0 Å². The van der Waals surface area contributed by atoms with E-state index in [9.17, 15) is 0 Å². The molecule has 0 fully saturated rings. The molecule has 18 aromatic rings. The van der Waals surface area contributed by atoms with Crippen LogP contribution in [0.2, 0.25) is 0 Å². The Hall–Kier alpha value is -13.0. The Balaban J connectivity index is 0.000000150. The molecule has 18 rings (SSSR count). The van der Waals surface area contributed by atoms with Gasteiger partial charge in [-0.15, -0.1) is 0 Å². The summed E-state index contributed by atoms with van der Waals surface area (Å²) in [5.41, 5.74) is 15.9. The zero-order valence-corrected chi connectivity index (χ0v) is 53.9. The van der Waals surface area contributed by atoms with Crippen molar-refractivity contribution in [1.82, 2.24) is 0 Å². The molecule has 0 aliphatic rings. The van der Waals surface area contributed by atoms with Gasteiger partial charge in [-0.2, -0.15) is 0 Å². The van der Waals surface area contributed by atoms with Crippen LogP contribution in [0.25, 0.3) is 86.5 Å². The van der Waals surface area contributed by atoms with Gasteiger partial charge < -0.3 is 19.6 Å². The molecule has 0 N–H and O–H groups in total. The minimum atomic E-state index is 1.10. The summed E-state index contributed by atoms with van der Waals surface area (Å²) >= 11 is 0. The highest BCUT2D eigenvalue weighted by Crippen LogP contribution is 2.52. The van der Waals surface area contributed by atoms with Gasteiger partial charge >= 0.3 is 0 Å². The summed E-state index contributed by atoms with van der Waals surface area (Å²) in [6.45, 7) is 0. The zero-order chi connectivity index (χ0) is 65.1. The molecule has 18 aromatic carbocycles. The molecule has 462 valence electrons. The van der Waals surface area contributed by atoms with Crippen molar-refractivity contribution >= 4 is 144 Å². The van der Waals surface area contributed by atoms with Crippen LogP contribution >= 0.6 is 0 Å². The highest BCUT2D eigenvalue weighted by atomic mass is 15.2. The van der Waals surface area contributed by atoms with Crippen LogP contribution in [0.1, 0.15) is 0 Å². The van der Waals surface area contributed by atoms with Crippen LogP contribution in [-0.4, -0.2) is 0 Å². The average molecular weight is 1250 g/mol. The quantitative estimate of drug-likeness (QED) is 0.107. The second-order valence-corrected chi connectivity index (χ2v) is 24.8. The molecule has 0 unspecified atom stereocenters. The molecule has 98 heavy (non-hydrogen) atoms. The minimum absolute atomic E-state index is 1.10. The van der Waals surface area contributed by atoms with Crippen LogP contribution in [0, 0.1) is 0 Å². The number of anilines is 12. The first-order valence-corrected chi connectivity index (χ1v) is 33.6. The van der Waals surface area contributed by atoms with Crippen molar-refractivity contribution < 1.29 is 0 Å². The number of hydrogen-bond acceptors (Lipinski definition) is 4. The number of rotatable bonds is 13. The molecule has 0 aliphatic carbocycles. The second-order valence-electron chi connectivity index (χ2n) is 24.8. The first-order chi connectivity index (χ1) is 48.7. The van der Waals surface area contributed by atoms with Crippen molar-refractivity contribution in [3.8, 4) is 11.1 Å². The summed E-state index contributed by atoms with van der Waals surface area (Å²) in [4.78, 5) is 9.68. The number of hydrogen-bond donors (Lipinski definition) is 0. The van der Waals surface area contributed by atoms with Gasteiger partial charge in [0.15, 0.2) is 0 Å². The predicted octanol–water partition coefficient (Wildman–Crippen LogP) is 27.0. The maximum atomic E-state index is 2.45. The fraction of sp³-hybridized carbons (Fsp3) is 0. The van der Waals surface area contributed by atoms with Gasteiger partial charge in [-0.25, -0.2) is 0 Å². The lowest BCUT2D eigenvalue weighted by Crippen LogP contribution is -2.17. The molecule has 0 radical (unpaired) electrons. The topological polar surface area (TPSA) is 13.0 Å². The molecule has 4 heteroatoms. The van der Waals surface area contributed by atoms with E-state index in [0.29, 0.717) is 0 Å². The van der Waals surface area contributed by atoms with Crippen LogP contribution in [0.15, 0.2) is 400 Å². The molecule has 0 amide bonds. The summed E-state index contributed by atoms with van der Waals surface area (Å²) in [6, 6.07) is 144. The van der Waals surface area contributed by atoms with E-state index in [1.807, 2.05) is 0 Å². The largest absolute Gasteiger partial charge is 0.309 e. The maximum absolute atomic E-state index is 2.45. The van der Waals surface area contributed by atoms with Gasteiger partial charge in [0.1, 0.15) is 0 Å². The first kappa shape index (κ1) is 58.8. The monoisotopic (exact) mass is 1250 g/mol. The van der Waals surface area contributed by atoms with Crippen molar-refractivity contribution in [3.63, 3.8) is 0 Å². The highest BCUT2D eigenvalue weighted by molar-refractivity contribution is 6.17. The molecule has 4 nitrogen and oxygen atoms in total. The van der Waals surface area contributed by atoms with E-state index in [1.54, 1.807) is 0 Å². The fourth-order valence-electron chi connectivity index (χ4n) is 14.5. The van der Waals surface area contributed by atoms with Gasteiger partial charge in [0.05, 0.1) is 34.1 Å². The van der Waals surface area contributed by atoms with Crippen LogP contribution in [-0.2, 0) is 0 Å². The molecular weight excluding hydrogens is 1190 g/mol. The third-order valence-corrected chi connectivity index (χ3v) is 18.9. The lowest BCUT2D eigenvalue weighted by Gasteiger charge is -2.35. The SMILES string of the molecule is c1ccc(N(c2ccc(-c3ccc(N(c4ccccc4)c4c5ccccc5cc5ccccc45)cc3)cc2)c2c3ccccc3cc3ccccc23)cc1.c1ccc(N(c2ccc3ccccc3c2N(c2ccccc2)c2cccc3ccccc23)c2cccc3ccccc23)cc1. The molecular formula is C94H66N4. The van der Waals surface area contributed by atoms with E-state index >= 15 is 0 Å². The number of nitrogens with zero attached hydrogens (tertiary/aromatic N) is 4. The van der Waals surface area contributed by atoms with Crippen molar-refractivity contribution in [1.29, 1.82) is 0 Å². The van der Waals surface area contributed by atoms with Crippen molar-refractivity contribution in [2.75, 3.05) is 19.6 Å². The van der Waals surface area contributed by atoms with Gasteiger partial charge in [-0.1, -0.05) is 297 Å². The van der Waals surface area contributed by atoms with Crippen molar-refractivity contribution in [3.05, 3.63) is 400 Å². The molecule has 0 aromatic heterocycles.